The number of nitrogens with one attached hydrogen (secondary N) is 1. The molecule has 0 radical (unpaired) electrons. The number of aryl methyl sites for hydroxylation is 1. The Bertz CT molecular complexity index is 986. The Morgan fingerprint density at radius 2 is 1.97 bits per heavy atom. The van der Waals surface area contributed by atoms with Crippen molar-refractivity contribution in [2.75, 3.05) is 10.2 Å². The lowest BCUT2D eigenvalue weighted by atomic mass is 9.90. The van der Waals surface area contributed by atoms with E-state index in [1.54, 1.807) is 29.2 Å². The van der Waals surface area contributed by atoms with E-state index < -0.39 is 18.1 Å². The van der Waals surface area contributed by atoms with Crippen LogP contribution < -0.4 is 10.2 Å². The van der Waals surface area contributed by atoms with E-state index in [-0.39, 0.29) is 12.3 Å². The van der Waals surface area contributed by atoms with Crippen LogP contribution in [0.1, 0.15) is 36.9 Å². The highest BCUT2D eigenvalue weighted by atomic mass is 35.5. The first-order chi connectivity index (χ1) is 13.8. The molecule has 2 atom stereocenters. The van der Waals surface area contributed by atoms with E-state index in [0.29, 0.717) is 39.8 Å². The third-order valence-electron chi connectivity index (χ3n) is 4.91. The van der Waals surface area contributed by atoms with Crippen molar-refractivity contribution in [2.24, 2.45) is 0 Å². The minimum absolute atomic E-state index is 0.152. The monoisotopic (exact) mass is 431 g/mol. The van der Waals surface area contributed by atoms with Gasteiger partial charge in [0.05, 0.1) is 12.1 Å². The fourth-order valence-corrected chi connectivity index (χ4v) is 4.25. The molecule has 2 aromatic carbocycles. The molecule has 2 N–H and O–H groups in total. The number of hydrogen-bond donors (Lipinski definition) is 2. The van der Waals surface area contributed by atoms with Gasteiger partial charge in [-0.1, -0.05) is 35.3 Å². The van der Waals surface area contributed by atoms with Crippen LogP contribution >= 0.6 is 23.2 Å². The zero-order valence-electron chi connectivity index (χ0n) is 15.7. The van der Waals surface area contributed by atoms with Crippen LogP contribution in [-0.2, 0) is 16.0 Å². The molecule has 1 aliphatic rings. The fourth-order valence-electron chi connectivity index (χ4n) is 3.63. The molecule has 8 heteroatoms. The molecule has 0 fully saturated rings. The summed E-state index contributed by atoms with van der Waals surface area (Å²) in [6.45, 7) is 1.44. The SMILES string of the molecule is CC(=O)N(c1ccc(CCC#N)cc1)[C@@H]1C[C@@H](C(=O)O)Nc2cc(Cl)cc(Cl)c21. The number of anilines is 2. The topological polar surface area (TPSA) is 93.4 Å². The first kappa shape index (κ1) is 21.0. The molecule has 29 heavy (non-hydrogen) atoms. The largest absolute Gasteiger partial charge is 0.480 e. The molecule has 0 saturated carbocycles. The smallest absolute Gasteiger partial charge is 0.326 e. The molecule has 1 amide bonds. The van der Waals surface area contributed by atoms with Gasteiger partial charge >= 0.3 is 5.97 Å². The molecule has 2 aromatic rings. The predicted molar refractivity (Wildman–Crippen MR) is 112 cm³/mol. The molecule has 150 valence electrons. The first-order valence-corrected chi connectivity index (χ1v) is 9.81. The van der Waals surface area contributed by atoms with E-state index in [4.69, 9.17) is 28.5 Å². The van der Waals surface area contributed by atoms with Crippen LogP contribution in [0.2, 0.25) is 10.0 Å². The molecule has 0 aromatic heterocycles. The minimum Gasteiger partial charge on any atom is -0.480 e. The van der Waals surface area contributed by atoms with E-state index in [1.165, 1.54) is 6.92 Å². The number of carbonyl (C=O) groups excluding carboxylic acids is 1. The van der Waals surface area contributed by atoms with Gasteiger partial charge in [0.1, 0.15) is 6.04 Å². The average molecular weight is 432 g/mol. The van der Waals surface area contributed by atoms with Gasteiger partial charge in [0, 0.05) is 46.7 Å². The Morgan fingerprint density at radius 1 is 1.28 bits per heavy atom. The minimum atomic E-state index is -1.02. The molecule has 0 aliphatic carbocycles. The highest BCUT2D eigenvalue weighted by Gasteiger charge is 2.37. The maximum absolute atomic E-state index is 12.6. The Labute approximate surface area is 178 Å². The van der Waals surface area contributed by atoms with E-state index in [0.717, 1.165) is 5.56 Å². The number of fused-ring (bicyclic) bond motifs is 1. The molecule has 1 aliphatic heterocycles. The number of amides is 1. The Morgan fingerprint density at radius 3 is 2.55 bits per heavy atom. The lowest BCUT2D eigenvalue weighted by molar-refractivity contribution is -0.138. The van der Waals surface area contributed by atoms with Crippen LogP contribution in [0.15, 0.2) is 36.4 Å². The van der Waals surface area contributed by atoms with Crippen molar-refractivity contribution < 1.29 is 14.7 Å². The van der Waals surface area contributed by atoms with Gasteiger partial charge in [0.25, 0.3) is 0 Å². The number of nitrogens with zero attached hydrogens (tertiary/aromatic N) is 2. The second-order valence-corrected chi connectivity index (χ2v) is 7.69. The standard InChI is InChI=1S/C21H19Cl2N3O3/c1-12(27)26(15-6-4-13(5-7-15)3-2-8-24)19-11-18(21(28)29)25-17-10-14(22)9-16(23)20(17)19/h4-7,9-10,18-19,25H,2-3,11H2,1H3,(H,28,29)/t18-,19+/m0/s1. The van der Waals surface area contributed by atoms with E-state index in [2.05, 4.69) is 11.4 Å². The van der Waals surface area contributed by atoms with Gasteiger partial charge in [-0.05, 0) is 36.2 Å². The van der Waals surface area contributed by atoms with E-state index >= 15 is 0 Å². The van der Waals surface area contributed by atoms with Crippen LogP contribution in [0.5, 0.6) is 0 Å². The molecular formula is C21H19Cl2N3O3. The predicted octanol–water partition coefficient (Wildman–Crippen LogP) is 4.81. The van der Waals surface area contributed by atoms with Crippen LogP contribution in [0, 0.1) is 11.3 Å². The summed E-state index contributed by atoms with van der Waals surface area (Å²) >= 11 is 12.5. The fraction of sp³-hybridized carbons (Fsp3) is 0.286. The number of nitriles is 1. The number of carbonyl (C=O) groups is 2. The van der Waals surface area contributed by atoms with E-state index in [1.807, 2.05) is 12.1 Å². The van der Waals surface area contributed by atoms with Crippen LogP contribution in [-0.4, -0.2) is 23.0 Å². The highest BCUT2D eigenvalue weighted by Crippen LogP contribution is 2.44. The maximum Gasteiger partial charge on any atom is 0.326 e. The van der Waals surface area contributed by atoms with Crippen LogP contribution in [0.3, 0.4) is 0 Å². The summed E-state index contributed by atoms with van der Waals surface area (Å²) in [4.78, 5) is 25.9. The quantitative estimate of drug-likeness (QED) is 0.707. The summed E-state index contributed by atoms with van der Waals surface area (Å²) in [6.07, 6.45) is 1.19. The number of hydrogen-bond acceptors (Lipinski definition) is 4. The molecule has 0 bridgehead atoms. The zero-order chi connectivity index (χ0) is 21.1. The molecule has 1 heterocycles. The van der Waals surface area contributed by atoms with Gasteiger partial charge in [-0.15, -0.1) is 0 Å². The number of rotatable bonds is 5. The molecule has 6 nitrogen and oxygen atoms in total. The van der Waals surface area contributed by atoms with Crippen molar-refractivity contribution in [3.05, 3.63) is 57.6 Å². The van der Waals surface area contributed by atoms with E-state index in [9.17, 15) is 14.7 Å². The Balaban J connectivity index is 2.06. The van der Waals surface area contributed by atoms with Crippen molar-refractivity contribution in [1.29, 1.82) is 5.26 Å². The molecule has 0 saturated heterocycles. The summed E-state index contributed by atoms with van der Waals surface area (Å²) < 4.78 is 0. The number of carboxylic acid groups (broad SMARTS) is 1. The summed E-state index contributed by atoms with van der Waals surface area (Å²) in [5, 5.41) is 22.0. The highest BCUT2D eigenvalue weighted by molar-refractivity contribution is 6.35. The second kappa shape index (κ2) is 8.73. The third kappa shape index (κ3) is 4.47. The molecular weight excluding hydrogens is 413 g/mol. The molecule has 0 unspecified atom stereocenters. The lowest BCUT2D eigenvalue weighted by Gasteiger charge is -2.38. The number of halogens is 2. The first-order valence-electron chi connectivity index (χ1n) is 9.05. The van der Waals surface area contributed by atoms with Gasteiger partial charge in [-0.2, -0.15) is 5.26 Å². The number of carboxylic acids is 1. The van der Waals surface area contributed by atoms with Gasteiger partial charge in [-0.3, -0.25) is 4.79 Å². The Kier molecular flexibility index (Phi) is 6.31. The molecule has 3 rings (SSSR count). The van der Waals surface area contributed by atoms with Crippen molar-refractivity contribution in [2.45, 2.75) is 38.3 Å². The van der Waals surface area contributed by atoms with Gasteiger partial charge in [0.2, 0.25) is 5.91 Å². The summed E-state index contributed by atoms with van der Waals surface area (Å²) in [6, 6.07) is 11.2. The van der Waals surface area contributed by atoms with Crippen LogP contribution in [0.4, 0.5) is 11.4 Å². The number of aliphatic carboxylic acids is 1. The Hall–Kier alpha value is -2.75. The van der Waals surface area contributed by atoms with Crippen LogP contribution in [0.25, 0.3) is 0 Å². The summed E-state index contributed by atoms with van der Waals surface area (Å²) in [5.41, 5.74) is 2.75. The van der Waals surface area contributed by atoms with Crippen molar-refractivity contribution in [3.63, 3.8) is 0 Å². The lowest BCUT2D eigenvalue weighted by Crippen LogP contribution is -2.43. The normalized spacial score (nSPS) is 17.6. The summed E-state index contributed by atoms with van der Waals surface area (Å²) in [5.74, 6) is -1.25. The van der Waals surface area contributed by atoms with Crippen molar-refractivity contribution in [3.8, 4) is 6.07 Å². The zero-order valence-corrected chi connectivity index (χ0v) is 17.2. The maximum atomic E-state index is 12.6. The van der Waals surface area contributed by atoms with Gasteiger partial charge in [-0.25, -0.2) is 4.79 Å². The molecule has 0 spiro atoms. The van der Waals surface area contributed by atoms with Gasteiger partial charge in [0.15, 0.2) is 0 Å². The second-order valence-electron chi connectivity index (χ2n) is 6.85. The average Bonchev–Trinajstić information content (AvgIpc) is 2.66. The number of benzene rings is 2. The summed E-state index contributed by atoms with van der Waals surface area (Å²) in [7, 11) is 0. The van der Waals surface area contributed by atoms with Crippen molar-refractivity contribution in [1.82, 2.24) is 0 Å². The third-order valence-corrected chi connectivity index (χ3v) is 5.44. The van der Waals surface area contributed by atoms with Crippen molar-refractivity contribution >= 4 is 46.5 Å². The van der Waals surface area contributed by atoms with Gasteiger partial charge < -0.3 is 15.3 Å².